The molecule has 1 atom stereocenters. The fourth-order valence-electron chi connectivity index (χ4n) is 1.55. The molecule has 0 radical (unpaired) electrons. The first-order valence-corrected chi connectivity index (χ1v) is 4.77. The lowest BCUT2D eigenvalue weighted by molar-refractivity contribution is -0.204. The lowest BCUT2D eigenvalue weighted by Crippen LogP contribution is -2.57. The highest BCUT2D eigenvalue weighted by Crippen LogP contribution is 2.38. The number of aryl methyl sites for hydroxylation is 2. The molecule has 1 aromatic carbocycles. The minimum atomic E-state index is -5.06. The second-order valence-corrected chi connectivity index (χ2v) is 3.93. The van der Waals surface area contributed by atoms with E-state index in [-0.39, 0.29) is 5.56 Å². The van der Waals surface area contributed by atoms with Gasteiger partial charge in [-0.2, -0.15) is 13.2 Å². The van der Waals surface area contributed by atoms with Gasteiger partial charge in [-0.3, -0.25) is 0 Å². The number of nitrogens with two attached hydrogens (primary N) is 1. The summed E-state index contributed by atoms with van der Waals surface area (Å²) in [6, 6.07) is 4.16. The quantitative estimate of drug-likeness (QED) is 0.841. The Morgan fingerprint density at radius 2 is 1.82 bits per heavy atom. The van der Waals surface area contributed by atoms with Crippen molar-refractivity contribution in [1.82, 2.24) is 0 Å². The van der Waals surface area contributed by atoms with E-state index in [9.17, 15) is 18.0 Å². The number of alkyl halides is 3. The summed E-state index contributed by atoms with van der Waals surface area (Å²) in [6.07, 6.45) is -5.06. The summed E-state index contributed by atoms with van der Waals surface area (Å²) < 4.78 is 38.5. The largest absolute Gasteiger partial charge is 0.479 e. The van der Waals surface area contributed by atoms with Crippen LogP contribution in [0.2, 0.25) is 0 Å². The summed E-state index contributed by atoms with van der Waals surface area (Å²) in [6.45, 7) is 2.96. The third kappa shape index (κ3) is 2.12. The van der Waals surface area contributed by atoms with E-state index in [1.807, 2.05) is 0 Å². The molecule has 17 heavy (non-hydrogen) atoms. The number of rotatable bonds is 2. The molecule has 0 aliphatic heterocycles. The van der Waals surface area contributed by atoms with Crippen molar-refractivity contribution in [3.63, 3.8) is 0 Å². The Morgan fingerprint density at radius 1 is 1.29 bits per heavy atom. The van der Waals surface area contributed by atoms with Gasteiger partial charge >= 0.3 is 12.1 Å². The smallest absolute Gasteiger partial charge is 0.421 e. The van der Waals surface area contributed by atoms with Gasteiger partial charge in [0.05, 0.1) is 0 Å². The van der Waals surface area contributed by atoms with Crippen LogP contribution in [0, 0.1) is 13.8 Å². The van der Waals surface area contributed by atoms with Crippen LogP contribution in [-0.4, -0.2) is 17.3 Å². The van der Waals surface area contributed by atoms with Crippen molar-refractivity contribution in [2.45, 2.75) is 25.6 Å². The number of aliphatic carboxylic acids is 1. The average Bonchev–Trinajstić information content (AvgIpc) is 2.18. The third-order valence-electron chi connectivity index (χ3n) is 2.60. The molecule has 1 aromatic rings. The summed E-state index contributed by atoms with van der Waals surface area (Å²) in [4.78, 5) is 10.9. The SMILES string of the molecule is Cc1ccc(C)c(C(N)(C(=O)O)C(F)(F)F)c1. The zero-order chi connectivity index (χ0) is 13.4. The van der Waals surface area contributed by atoms with Crippen LogP contribution in [0.3, 0.4) is 0 Å². The van der Waals surface area contributed by atoms with Crippen molar-refractivity contribution in [2.75, 3.05) is 0 Å². The summed E-state index contributed by atoms with van der Waals surface area (Å²) in [7, 11) is 0. The van der Waals surface area contributed by atoms with Crippen molar-refractivity contribution in [3.8, 4) is 0 Å². The molecule has 0 aromatic heterocycles. The maximum atomic E-state index is 12.8. The van der Waals surface area contributed by atoms with E-state index in [1.54, 1.807) is 13.0 Å². The lowest BCUT2D eigenvalue weighted by atomic mass is 9.86. The van der Waals surface area contributed by atoms with Crippen LogP contribution in [0.1, 0.15) is 16.7 Å². The Bertz CT molecular complexity index is 457. The fourth-order valence-corrected chi connectivity index (χ4v) is 1.55. The van der Waals surface area contributed by atoms with Crippen LogP contribution in [0.4, 0.5) is 13.2 Å². The van der Waals surface area contributed by atoms with Crippen molar-refractivity contribution < 1.29 is 23.1 Å². The van der Waals surface area contributed by atoms with E-state index in [4.69, 9.17) is 10.8 Å². The standard InChI is InChI=1S/C11H12F3NO2/c1-6-3-4-7(2)8(5-6)10(15,9(16)17)11(12,13)14/h3-5H,15H2,1-2H3,(H,16,17). The Labute approximate surface area is 96.0 Å². The molecule has 0 saturated carbocycles. The van der Waals surface area contributed by atoms with E-state index in [1.165, 1.54) is 13.0 Å². The molecule has 0 bridgehead atoms. The summed E-state index contributed by atoms with van der Waals surface area (Å²) in [5.74, 6) is -2.11. The van der Waals surface area contributed by atoms with Crippen molar-refractivity contribution >= 4 is 5.97 Å². The van der Waals surface area contributed by atoms with E-state index in [0.717, 1.165) is 6.07 Å². The van der Waals surface area contributed by atoms with Crippen LogP contribution in [0.5, 0.6) is 0 Å². The maximum absolute atomic E-state index is 12.8. The molecule has 3 N–H and O–H groups in total. The highest BCUT2D eigenvalue weighted by Gasteiger charge is 2.60. The molecule has 1 rings (SSSR count). The molecular weight excluding hydrogens is 235 g/mol. The molecule has 3 nitrogen and oxygen atoms in total. The number of hydrogen-bond acceptors (Lipinski definition) is 2. The predicted octanol–water partition coefficient (Wildman–Crippen LogP) is 2.10. The van der Waals surface area contributed by atoms with Crippen LogP contribution >= 0.6 is 0 Å². The zero-order valence-electron chi connectivity index (χ0n) is 9.30. The molecule has 0 fully saturated rings. The molecule has 0 aliphatic carbocycles. The molecule has 0 spiro atoms. The number of carbonyl (C=O) groups is 1. The van der Waals surface area contributed by atoms with Crippen LogP contribution in [0.15, 0.2) is 18.2 Å². The van der Waals surface area contributed by atoms with Crippen LogP contribution in [0.25, 0.3) is 0 Å². The van der Waals surface area contributed by atoms with Gasteiger partial charge in [-0.05, 0) is 25.0 Å². The van der Waals surface area contributed by atoms with Crippen LogP contribution < -0.4 is 5.73 Å². The van der Waals surface area contributed by atoms with E-state index in [0.29, 0.717) is 5.56 Å². The lowest BCUT2D eigenvalue weighted by Gasteiger charge is -2.29. The molecule has 6 heteroatoms. The first-order chi connectivity index (χ1) is 7.60. The number of carboxylic acid groups (broad SMARTS) is 1. The summed E-state index contributed by atoms with van der Waals surface area (Å²) in [5.41, 5.74) is 1.99. The number of hydrogen-bond donors (Lipinski definition) is 2. The predicted molar refractivity (Wildman–Crippen MR) is 55.5 cm³/mol. The van der Waals surface area contributed by atoms with Gasteiger partial charge < -0.3 is 10.8 Å². The summed E-state index contributed by atoms with van der Waals surface area (Å²) >= 11 is 0. The molecule has 0 heterocycles. The fraction of sp³-hybridized carbons (Fsp3) is 0.364. The van der Waals surface area contributed by atoms with Gasteiger partial charge in [-0.1, -0.05) is 23.8 Å². The first kappa shape index (κ1) is 13.5. The first-order valence-electron chi connectivity index (χ1n) is 4.77. The topological polar surface area (TPSA) is 63.3 Å². The Morgan fingerprint density at radius 3 is 2.24 bits per heavy atom. The highest BCUT2D eigenvalue weighted by molar-refractivity contribution is 5.82. The van der Waals surface area contributed by atoms with Gasteiger partial charge in [0.25, 0.3) is 0 Å². The van der Waals surface area contributed by atoms with Crippen molar-refractivity contribution in [3.05, 3.63) is 34.9 Å². The molecule has 0 aliphatic rings. The van der Waals surface area contributed by atoms with Crippen molar-refractivity contribution in [2.24, 2.45) is 5.73 Å². The van der Waals surface area contributed by atoms with E-state index in [2.05, 4.69) is 0 Å². The zero-order valence-corrected chi connectivity index (χ0v) is 9.30. The highest BCUT2D eigenvalue weighted by atomic mass is 19.4. The Kier molecular flexibility index (Phi) is 3.20. The minimum absolute atomic E-state index is 0.192. The second kappa shape index (κ2) is 4.03. The number of halogens is 3. The van der Waals surface area contributed by atoms with E-state index >= 15 is 0 Å². The second-order valence-electron chi connectivity index (χ2n) is 3.93. The maximum Gasteiger partial charge on any atom is 0.421 e. The van der Waals surface area contributed by atoms with Gasteiger partial charge in [0.1, 0.15) is 0 Å². The number of carboxylic acids is 1. The van der Waals surface area contributed by atoms with Gasteiger partial charge in [0.2, 0.25) is 5.54 Å². The minimum Gasteiger partial charge on any atom is -0.479 e. The van der Waals surface area contributed by atoms with Gasteiger partial charge in [-0.15, -0.1) is 0 Å². The molecular formula is C11H12F3NO2. The molecule has 0 saturated heterocycles. The Balaban J connectivity index is 3.54. The number of benzene rings is 1. The van der Waals surface area contributed by atoms with Crippen molar-refractivity contribution in [1.29, 1.82) is 0 Å². The molecule has 0 amide bonds. The van der Waals surface area contributed by atoms with Gasteiger partial charge in [0.15, 0.2) is 0 Å². The molecule has 94 valence electrons. The van der Waals surface area contributed by atoms with Gasteiger partial charge in [-0.25, -0.2) is 4.79 Å². The third-order valence-corrected chi connectivity index (χ3v) is 2.60. The molecule has 1 unspecified atom stereocenters. The van der Waals surface area contributed by atoms with Gasteiger partial charge in [0, 0.05) is 0 Å². The normalized spacial score (nSPS) is 15.4. The van der Waals surface area contributed by atoms with Crippen LogP contribution in [-0.2, 0) is 10.3 Å². The monoisotopic (exact) mass is 247 g/mol. The Hall–Kier alpha value is -1.56. The van der Waals surface area contributed by atoms with E-state index < -0.39 is 23.2 Å². The average molecular weight is 247 g/mol. The summed E-state index contributed by atoms with van der Waals surface area (Å²) in [5, 5.41) is 8.79.